The lowest BCUT2D eigenvalue weighted by molar-refractivity contribution is 0.349. The van der Waals surface area contributed by atoms with E-state index in [1.165, 1.54) is 44.1 Å². The highest BCUT2D eigenvalue weighted by Gasteiger charge is 2.19. The lowest BCUT2D eigenvalue weighted by Gasteiger charge is -2.25. The van der Waals surface area contributed by atoms with Gasteiger partial charge in [0.05, 0.1) is 0 Å². The first-order chi connectivity index (χ1) is 11.6. The van der Waals surface area contributed by atoms with Crippen molar-refractivity contribution in [1.29, 1.82) is 0 Å². The standard InChI is InChI=1S/C23H31O/c1-23(2,21-16-9-7-10-17-21)19-13-6-4-3-5-8-14-20-15-11-12-18-22(20)24/h7,9-12,15-18H,3-6,8,13-14,19H2,1-2H3. The Hall–Kier alpha value is -1.76. The predicted molar refractivity (Wildman–Crippen MR) is 102 cm³/mol. The quantitative estimate of drug-likeness (QED) is 0.416. The Bertz CT molecular complexity index is 586. The summed E-state index contributed by atoms with van der Waals surface area (Å²) in [7, 11) is 0. The average molecular weight is 324 g/mol. The van der Waals surface area contributed by atoms with Crippen molar-refractivity contribution in [2.24, 2.45) is 0 Å². The molecule has 0 aliphatic heterocycles. The molecule has 1 heteroatoms. The summed E-state index contributed by atoms with van der Waals surface area (Å²) in [6, 6.07) is 18.3. The first kappa shape index (κ1) is 18.6. The number of unbranched alkanes of at least 4 members (excludes halogenated alkanes) is 5. The Labute approximate surface area is 147 Å². The molecule has 0 aliphatic rings. The molecule has 1 nitrogen and oxygen atoms in total. The highest BCUT2D eigenvalue weighted by Crippen LogP contribution is 2.29. The minimum Gasteiger partial charge on any atom is -0.290 e. The van der Waals surface area contributed by atoms with Gasteiger partial charge in [-0.2, -0.15) is 0 Å². The van der Waals surface area contributed by atoms with Crippen molar-refractivity contribution >= 4 is 0 Å². The summed E-state index contributed by atoms with van der Waals surface area (Å²) < 4.78 is 0. The third-order valence-electron chi connectivity index (χ3n) is 5.03. The summed E-state index contributed by atoms with van der Waals surface area (Å²) in [4.78, 5) is 0. The molecule has 0 heterocycles. The van der Waals surface area contributed by atoms with E-state index in [4.69, 9.17) is 0 Å². The molecule has 0 N–H and O–H groups in total. The van der Waals surface area contributed by atoms with Crippen LogP contribution in [0.5, 0.6) is 5.75 Å². The van der Waals surface area contributed by atoms with Gasteiger partial charge in [-0.15, -0.1) is 0 Å². The Kier molecular flexibility index (Phi) is 7.36. The fourth-order valence-corrected chi connectivity index (χ4v) is 3.33. The van der Waals surface area contributed by atoms with Crippen LogP contribution in [0.2, 0.25) is 0 Å². The van der Waals surface area contributed by atoms with Crippen LogP contribution in [0.15, 0.2) is 54.6 Å². The van der Waals surface area contributed by atoms with Crippen LogP contribution in [-0.4, -0.2) is 0 Å². The number of hydrogen-bond acceptors (Lipinski definition) is 0. The fourth-order valence-electron chi connectivity index (χ4n) is 3.33. The zero-order chi connectivity index (χ0) is 17.3. The van der Waals surface area contributed by atoms with E-state index < -0.39 is 0 Å². The summed E-state index contributed by atoms with van der Waals surface area (Å²) >= 11 is 0. The first-order valence-electron chi connectivity index (χ1n) is 9.40. The van der Waals surface area contributed by atoms with Crippen molar-refractivity contribution in [1.82, 2.24) is 0 Å². The first-order valence-corrected chi connectivity index (χ1v) is 9.40. The van der Waals surface area contributed by atoms with E-state index in [0.29, 0.717) is 0 Å². The van der Waals surface area contributed by atoms with Crippen molar-refractivity contribution in [2.75, 3.05) is 0 Å². The molecule has 129 valence electrons. The van der Waals surface area contributed by atoms with E-state index in [0.717, 1.165) is 18.4 Å². The summed E-state index contributed by atoms with van der Waals surface area (Å²) in [6.07, 6.45) is 9.75. The molecule has 2 aromatic rings. The molecule has 0 saturated heterocycles. The molecule has 0 amide bonds. The van der Waals surface area contributed by atoms with Gasteiger partial charge >= 0.3 is 0 Å². The molecule has 0 bridgehead atoms. The van der Waals surface area contributed by atoms with Gasteiger partial charge in [-0.05, 0) is 41.9 Å². The van der Waals surface area contributed by atoms with Gasteiger partial charge in [0.1, 0.15) is 0 Å². The largest absolute Gasteiger partial charge is 0.290 e. The van der Waals surface area contributed by atoms with Crippen molar-refractivity contribution < 1.29 is 5.11 Å². The number of hydrogen-bond donors (Lipinski definition) is 0. The fraction of sp³-hybridized carbons (Fsp3) is 0.478. The molecule has 1 radical (unpaired) electrons. The maximum Gasteiger partial charge on any atom is 0.181 e. The molecular formula is C23H31O. The van der Waals surface area contributed by atoms with E-state index in [9.17, 15) is 5.11 Å². The summed E-state index contributed by atoms with van der Waals surface area (Å²) in [5.74, 6) is 0.195. The van der Waals surface area contributed by atoms with Crippen LogP contribution in [0, 0.1) is 0 Å². The normalized spacial score (nSPS) is 11.6. The Morgan fingerprint density at radius 2 is 1.29 bits per heavy atom. The van der Waals surface area contributed by atoms with Gasteiger partial charge in [-0.1, -0.05) is 94.5 Å². The molecular weight excluding hydrogens is 292 g/mol. The second kappa shape index (κ2) is 9.52. The average Bonchev–Trinajstić information content (AvgIpc) is 2.59. The van der Waals surface area contributed by atoms with Gasteiger partial charge < -0.3 is 0 Å². The molecule has 0 aliphatic carbocycles. The van der Waals surface area contributed by atoms with Gasteiger partial charge in [0.15, 0.2) is 5.75 Å². The molecule has 0 spiro atoms. The van der Waals surface area contributed by atoms with Crippen molar-refractivity contribution in [3.05, 3.63) is 65.7 Å². The highest BCUT2D eigenvalue weighted by atomic mass is 16.3. The van der Waals surface area contributed by atoms with E-state index >= 15 is 0 Å². The Balaban J connectivity index is 1.55. The Morgan fingerprint density at radius 3 is 2.00 bits per heavy atom. The highest BCUT2D eigenvalue weighted by molar-refractivity contribution is 5.31. The molecule has 2 aromatic carbocycles. The second-order valence-electron chi connectivity index (χ2n) is 7.48. The van der Waals surface area contributed by atoms with Crippen LogP contribution in [0.25, 0.3) is 0 Å². The van der Waals surface area contributed by atoms with Crippen molar-refractivity contribution in [3.8, 4) is 5.75 Å². The predicted octanol–water partition coefficient (Wildman–Crippen LogP) is 7.08. The summed E-state index contributed by atoms with van der Waals surface area (Å²) in [5.41, 5.74) is 2.70. The molecule has 0 unspecified atom stereocenters. The van der Waals surface area contributed by atoms with Crippen LogP contribution in [0.1, 0.15) is 69.9 Å². The van der Waals surface area contributed by atoms with Gasteiger partial charge in [0, 0.05) is 0 Å². The van der Waals surface area contributed by atoms with Gasteiger partial charge in [-0.25, -0.2) is 0 Å². The maximum absolute atomic E-state index is 11.6. The van der Waals surface area contributed by atoms with Gasteiger partial charge in [-0.3, -0.25) is 5.11 Å². The van der Waals surface area contributed by atoms with Crippen LogP contribution >= 0.6 is 0 Å². The summed E-state index contributed by atoms with van der Waals surface area (Å²) in [6.45, 7) is 4.70. The Morgan fingerprint density at radius 1 is 0.708 bits per heavy atom. The zero-order valence-electron chi connectivity index (χ0n) is 15.3. The molecule has 24 heavy (non-hydrogen) atoms. The van der Waals surface area contributed by atoms with Crippen LogP contribution in [0.3, 0.4) is 0 Å². The third-order valence-corrected chi connectivity index (χ3v) is 5.03. The topological polar surface area (TPSA) is 19.9 Å². The maximum atomic E-state index is 11.6. The van der Waals surface area contributed by atoms with Gasteiger partial charge in [0.2, 0.25) is 0 Å². The molecule has 0 aromatic heterocycles. The van der Waals surface area contributed by atoms with Crippen molar-refractivity contribution in [3.63, 3.8) is 0 Å². The second-order valence-corrected chi connectivity index (χ2v) is 7.48. The lowest BCUT2D eigenvalue weighted by Crippen LogP contribution is -2.16. The van der Waals surface area contributed by atoms with Crippen LogP contribution < -0.4 is 0 Å². The minimum atomic E-state index is 0.195. The molecule has 2 rings (SSSR count). The van der Waals surface area contributed by atoms with Crippen molar-refractivity contribution in [2.45, 2.75) is 70.6 Å². The number of rotatable bonds is 10. The van der Waals surface area contributed by atoms with Gasteiger partial charge in [0.25, 0.3) is 0 Å². The summed E-state index contributed by atoms with van der Waals surface area (Å²) in [5, 5.41) is 11.6. The molecule has 0 fully saturated rings. The monoisotopic (exact) mass is 323 g/mol. The number of para-hydroxylation sites is 1. The lowest BCUT2D eigenvalue weighted by atomic mass is 9.80. The SMILES string of the molecule is CC(C)(CCCCCCCCc1ccccc1[O])c1ccccc1. The number of benzene rings is 2. The molecule has 0 atom stereocenters. The zero-order valence-corrected chi connectivity index (χ0v) is 15.3. The third kappa shape index (κ3) is 6.03. The molecule has 0 saturated carbocycles. The number of aryl methyl sites for hydroxylation is 1. The van der Waals surface area contributed by atoms with Crippen LogP contribution in [0.4, 0.5) is 0 Å². The minimum absolute atomic E-state index is 0.195. The van der Waals surface area contributed by atoms with E-state index in [1.54, 1.807) is 6.07 Å². The van der Waals surface area contributed by atoms with E-state index in [1.807, 2.05) is 18.2 Å². The van der Waals surface area contributed by atoms with E-state index in [2.05, 4.69) is 44.2 Å². The van der Waals surface area contributed by atoms with E-state index in [-0.39, 0.29) is 11.2 Å². The smallest absolute Gasteiger partial charge is 0.181 e. The van der Waals surface area contributed by atoms with Crippen LogP contribution in [-0.2, 0) is 16.9 Å².